The number of morpholine rings is 1. The molecular formula is C12H21NO5. The summed E-state index contributed by atoms with van der Waals surface area (Å²) in [4.78, 5) is 24.5. The van der Waals surface area contributed by atoms with Gasteiger partial charge in [-0.25, -0.2) is 0 Å². The number of hydrogen-bond donors (Lipinski definition) is 2. The maximum Gasteiger partial charge on any atom is 0.321 e. The fourth-order valence-electron chi connectivity index (χ4n) is 2.21. The van der Waals surface area contributed by atoms with Gasteiger partial charge in [0, 0.05) is 13.1 Å². The lowest BCUT2D eigenvalue weighted by molar-refractivity contribution is -0.165. The van der Waals surface area contributed by atoms with Crippen LogP contribution in [0.5, 0.6) is 0 Å². The van der Waals surface area contributed by atoms with Gasteiger partial charge in [-0.2, -0.15) is 0 Å². The molecule has 0 unspecified atom stereocenters. The fraction of sp³-hybridized carbons (Fsp3) is 0.833. The molecule has 0 radical (unpaired) electrons. The van der Waals surface area contributed by atoms with Crippen molar-refractivity contribution in [1.29, 1.82) is 0 Å². The molecule has 6 heteroatoms. The molecular weight excluding hydrogens is 238 g/mol. The SMILES string of the molecule is CCC(CCCN1CCOCC1)(C(=O)O)C(=O)O. The maximum absolute atomic E-state index is 11.2. The van der Waals surface area contributed by atoms with Crippen LogP contribution in [0, 0.1) is 5.41 Å². The van der Waals surface area contributed by atoms with Crippen LogP contribution in [-0.4, -0.2) is 59.9 Å². The van der Waals surface area contributed by atoms with E-state index in [1.807, 2.05) is 0 Å². The van der Waals surface area contributed by atoms with Crippen LogP contribution in [0.2, 0.25) is 0 Å². The van der Waals surface area contributed by atoms with Gasteiger partial charge in [-0.3, -0.25) is 14.5 Å². The molecule has 1 aliphatic heterocycles. The van der Waals surface area contributed by atoms with Gasteiger partial charge in [0.1, 0.15) is 0 Å². The zero-order chi connectivity index (χ0) is 13.6. The summed E-state index contributed by atoms with van der Waals surface area (Å²) in [5.74, 6) is -2.47. The van der Waals surface area contributed by atoms with Crippen LogP contribution in [0.1, 0.15) is 26.2 Å². The molecule has 0 aliphatic carbocycles. The first-order valence-corrected chi connectivity index (χ1v) is 6.30. The quantitative estimate of drug-likeness (QED) is 0.653. The standard InChI is InChI=1S/C12H21NO5/c1-2-12(10(14)15,11(16)17)4-3-5-13-6-8-18-9-7-13/h2-9H2,1H3,(H,14,15)(H,16,17). The van der Waals surface area contributed by atoms with E-state index in [9.17, 15) is 9.59 Å². The third-order valence-electron chi connectivity index (χ3n) is 3.60. The van der Waals surface area contributed by atoms with Gasteiger partial charge in [0.2, 0.25) is 0 Å². The van der Waals surface area contributed by atoms with E-state index in [-0.39, 0.29) is 12.8 Å². The van der Waals surface area contributed by atoms with E-state index in [4.69, 9.17) is 14.9 Å². The highest BCUT2D eigenvalue weighted by molar-refractivity contribution is 5.98. The molecule has 0 saturated carbocycles. The van der Waals surface area contributed by atoms with Crippen molar-refractivity contribution in [3.63, 3.8) is 0 Å². The van der Waals surface area contributed by atoms with Crippen LogP contribution < -0.4 is 0 Å². The summed E-state index contributed by atoms with van der Waals surface area (Å²) in [6.07, 6.45) is 0.860. The second-order valence-electron chi connectivity index (χ2n) is 4.60. The lowest BCUT2D eigenvalue weighted by Crippen LogP contribution is -2.41. The Hall–Kier alpha value is -1.14. The summed E-state index contributed by atoms with van der Waals surface area (Å²) in [7, 11) is 0. The summed E-state index contributed by atoms with van der Waals surface area (Å²) in [6.45, 7) is 5.38. The summed E-state index contributed by atoms with van der Waals surface area (Å²) in [5.41, 5.74) is -1.63. The maximum atomic E-state index is 11.2. The average Bonchev–Trinajstić information content (AvgIpc) is 2.35. The zero-order valence-electron chi connectivity index (χ0n) is 10.7. The third kappa shape index (κ3) is 3.43. The third-order valence-corrected chi connectivity index (χ3v) is 3.60. The molecule has 1 fully saturated rings. The second kappa shape index (κ2) is 6.70. The highest BCUT2D eigenvalue weighted by Crippen LogP contribution is 2.29. The normalized spacial score (nSPS) is 17.6. The van der Waals surface area contributed by atoms with Gasteiger partial charge >= 0.3 is 11.9 Å². The summed E-state index contributed by atoms with van der Waals surface area (Å²) >= 11 is 0. The number of nitrogens with zero attached hydrogens (tertiary/aromatic N) is 1. The van der Waals surface area contributed by atoms with E-state index in [1.165, 1.54) is 0 Å². The molecule has 1 aliphatic rings. The highest BCUT2D eigenvalue weighted by Gasteiger charge is 2.44. The number of carboxylic acid groups (broad SMARTS) is 2. The van der Waals surface area contributed by atoms with Gasteiger partial charge in [-0.05, 0) is 25.8 Å². The minimum Gasteiger partial charge on any atom is -0.480 e. The Morgan fingerprint density at radius 2 is 1.78 bits per heavy atom. The smallest absolute Gasteiger partial charge is 0.321 e. The topological polar surface area (TPSA) is 87.1 Å². The first kappa shape index (κ1) is 14.9. The van der Waals surface area contributed by atoms with Crippen molar-refractivity contribution in [2.24, 2.45) is 5.41 Å². The van der Waals surface area contributed by atoms with E-state index < -0.39 is 17.4 Å². The van der Waals surface area contributed by atoms with E-state index in [2.05, 4.69) is 4.90 Å². The minimum atomic E-state index is -1.63. The van der Waals surface area contributed by atoms with Crippen LogP contribution in [0.4, 0.5) is 0 Å². The Kier molecular flexibility index (Phi) is 5.55. The number of carboxylic acids is 2. The lowest BCUT2D eigenvalue weighted by Gasteiger charge is -2.28. The van der Waals surface area contributed by atoms with Crippen molar-refractivity contribution in [3.05, 3.63) is 0 Å². The Bertz CT molecular complexity index is 285. The van der Waals surface area contributed by atoms with Crippen molar-refractivity contribution >= 4 is 11.9 Å². The molecule has 104 valence electrons. The molecule has 0 aromatic carbocycles. The van der Waals surface area contributed by atoms with Crippen molar-refractivity contribution in [1.82, 2.24) is 4.90 Å². The fourth-order valence-corrected chi connectivity index (χ4v) is 2.21. The van der Waals surface area contributed by atoms with Crippen molar-refractivity contribution < 1.29 is 24.5 Å². The molecule has 0 spiro atoms. The molecule has 0 aromatic rings. The summed E-state index contributed by atoms with van der Waals surface area (Å²) in [6, 6.07) is 0. The lowest BCUT2D eigenvalue weighted by atomic mass is 9.80. The van der Waals surface area contributed by atoms with Gasteiger partial charge in [0.05, 0.1) is 13.2 Å². The number of rotatable bonds is 7. The zero-order valence-corrected chi connectivity index (χ0v) is 10.7. The Balaban J connectivity index is 2.46. The predicted molar refractivity (Wildman–Crippen MR) is 64.5 cm³/mol. The van der Waals surface area contributed by atoms with E-state index >= 15 is 0 Å². The molecule has 6 nitrogen and oxygen atoms in total. The van der Waals surface area contributed by atoms with Gasteiger partial charge in [0.15, 0.2) is 5.41 Å². The molecule has 0 atom stereocenters. The van der Waals surface area contributed by atoms with Crippen LogP contribution >= 0.6 is 0 Å². The van der Waals surface area contributed by atoms with Crippen molar-refractivity contribution in [2.45, 2.75) is 26.2 Å². The molecule has 0 amide bonds. The monoisotopic (exact) mass is 259 g/mol. The molecule has 1 heterocycles. The minimum absolute atomic E-state index is 0.112. The molecule has 0 aromatic heterocycles. The van der Waals surface area contributed by atoms with Crippen molar-refractivity contribution in [2.75, 3.05) is 32.8 Å². The summed E-state index contributed by atoms with van der Waals surface area (Å²) < 4.78 is 5.21. The van der Waals surface area contributed by atoms with Gasteiger partial charge in [-0.1, -0.05) is 6.92 Å². The number of aliphatic carboxylic acids is 2. The molecule has 1 saturated heterocycles. The van der Waals surface area contributed by atoms with Crippen molar-refractivity contribution in [3.8, 4) is 0 Å². The van der Waals surface area contributed by atoms with E-state index in [0.29, 0.717) is 19.6 Å². The first-order chi connectivity index (χ1) is 8.53. The Labute approximate surface area is 107 Å². The average molecular weight is 259 g/mol. The molecule has 1 rings (SSSR count). The Morgan fingerprint density at radius 1 is 1.22 bits per heavy atom. The van der Waals surface area contributed by atoms with E-state index in [1.54, 1.807) is 6.92 Å². The van der Waals surface area contributed by atoms with Gasteiger partial charge in [-0.15, -0.1) is 0 Å². The number of carbonyl (C=O) groups is 2. The predicted octanol–water partition coefficient (Wildman–Crippen LogP) is 0.664. The number of hydrogen-bond acceptors (Lipinski definition) is 4. The second-order valence-corrected chi connectivity index (χ2v) is 4.60. The van der Waals surface area contributed by atoms with Crippen LogP contribution in [-0.2, 0) is 14.3 Å². The Morgan fingerprint density at radius 3 is 2.22 bits per heavy atom. The van der Waals surface area contributed by atoms with E-state index in [0.717, 1.165) is 19.6 Å². The van der Waals surface area contributed by atoms with Crippen LogP contribution in [0.3, 0.4) is 0 Å². The summed E-state index contributed by atoms with van der Waals surface area (Å²) in [5, 5.41) is 18.2. The molecule has 2 N–H and O–H groups in total. The first-order valence-electron chi connectivity index (χ1n) is 6.30. The number of ether oxygens (including phenoxy) is 1. The van der Waals surface area contributed by atoms with Crippen LogP contribution in [0.25, 0.3) is 0 Å². The van der Waals surface area contributed by atoms with Crippen LogP contribution in [0.15, 0.2) is 0 Å². The highest BCUT2D eigenvalue weighted by atomic mass is 16.5. The van der Waals surface area contributed by atoms with Gasteiger partial charge in [0.25, 0.3) is 0 Å². The molecule has 18 heavy (non-hydrogen) atoms. The van der Waals surface area contributed by atoms with Gasteiger partial charge < -0.3 is 14.9 Å². The largest absolute Gasteiger partial charge is 0.480 e. The molecule has 0 bridgehead atoms.